The van der Waals surface area contributed by atoms with Crippen LogP contribution in [-0.4, -0.2) is 31.2 Å². The van der Waals surface area contributed by atoms with Gasteiger partial charge in [0, 0.05) is 23.8 Å². The Balaban J connectivity index is 2.32. The van der Waals surface area contributed by atoms with Crippen LogP contribution in [0.4, 0.5) is 5.69 Å². The molecule has 1 saturated heterocycles. The minimum absolute atomic E-state index is 0.0601. The van der Waals surface area contributed by atoms with Gasteiger partial charge in [-0.25, -0.2) is 4.79 Å². The number of hydrogen-bond acceptors (Lipinski definition) is 4. The van der Waals surface area contributed by atoms with Crippen LogP contribution < -0.4 is 10.6 Å². The highest BCUT2D eigenvalue weighted by atomic mass is 16.5. The molecular formula is C15H22N2O2. The Morgan fingerprint density at radius 2 is 2.21 bits per heavy atom. The van der Waals surface area contributed by atoms with Crippen LogP contribution in [0, 0.1) is 0 Å². The fourth-order valence-electron chi connectivity index (χ4n) is 2.62. The summed E-state index contributed by atoms with van der Waals surface area (Å²) in [4.78, 5) is 13.9. The van der Waals surface area contributed by atoms with E-state index in [2.05, 4.69) is 18.7 Å². The van der Waals surface area contributed by atoms with E-state index >= 15 is 0 Å². The van der Waals surface area contributed by atoms with E-state index in [9.17, 15) is 4.79 Å². The van der Waals surface area contributed by atoms with E-state index < -0.39 is 0 Å². The lowest BCUT2D eigenvalue weighted by atomic mass is 9.87. The van der Waals surface area contributed by atoms with E-state index in [0.717, 1.165) is 25.1 Å². The highest BCUT2D eigenvalue weighted by molar-refractivity contribution is 5.90. The van der Waals surface area contributed by atoms with Crippen molar-refractivity contribution < 1.29 is 9.53 Å². The highest BCUT2D eigenvalue weighted by Crippen LogP contribution is 2.32. The molecule has 0 amide bonds. The SMILES string of the molecule is COC(=O)c1cccc(N2CC(N)CCC2(C)C)c1. The van der Waals surface area contributed by atoms with Crippen LogP contribution in [0.25, 0.3) is 0 Å². The van der Waals surface area contributed by atoms with Gasteiger partial charge in [-0.3, -0.25) is 0 Å². The maximum atomic E-state index is 11.6. The number of methoxy groups -OCH3 is 1. The molecule has 1 aromatic rings. The molecule has 2 rings (SSSR count). The molecule has 1 unspecified atom stereocenters. The van der Waals surface area contributed by atoms with Gasteiger partial charge in [0.15, 0.2) is 0 Å². The van der Waals surface area contributed by atoms with Gasteiger partial charge in [0.25, 0.3) is 0 Å². The van der Waals surface area contributed by atoms with Crippen molar-refractivity contribution in [3.05, 3.63) is 29.8 Å². The molecule has 0 radical (unpaired) electrons. The molecule has 104 valence electrons. The molecule has 1 heterocycles. The summed E-state index contributed by atoms with van der Waals surface area (Å²) in [6, 6.07) is 7.75. The number of piperidine rings is 1. The second-order valence-electron chi connectivity index (χ2n) is 5.76. The van der Waals surface area contributed by atoms with Gasteiger partial charge in [-0.1, -0.05) is 6.07 Å². The van der Waals surface area contributed by atoms with E-state index in [1.54, 1.807) is 6.07 Å². The molecule has 0 aromatic heterocycles. The second-order valence-corrected chi connectivity index (χ2v) is 5.76. The van der Waals surface area contributed by atoms with E-state index in [1.165, 1.54) is 7.11 Å². The number of anilines is 1. The van der Waals surface area contributed by atoms with Crippen LogP contribution in [0.2, 0.25) is 0 Å². The Morgan fingerprint density at radius 3 is 2.89 bits per heavy atom. The number of carbonyl (C=O) groups is 1. The van der Waals surface area contributed by atoms with Crippen LogP contribution in [-0.2, 0) is 4.74 Å². The summed E-state index contributed by atoms with van der Waals surface area (Å²) in [6.45, 7) is 5.24. The first-order valence-electron chi connectivity index (χ1n) is 6.65. The zero-order valence-corrected chi connectivity index (χ0v) is 11.8. The average Bonchev–Trinajstić information content (AvgIpc) is 2.41. The molecule has 1 atom stereocenters. The summed E-state index contributed by atoms with van der Waals surface area (Å²) in [5, 5.41) is 0. The van der Waals surface area contributed by atoms with Crippen LogP contribution in [0.3, 0.4) is 0 Å². The predicted octanol–water partition coefficient (Wildman–Crippen LogP) is 2.18. The van der Waals surface area contributed by atoms with Crippen molar-refractivity contribution in [1.82, 2.24) is 0 Å². The van der Waals surface area contributed by atoms with Crippen molar-refractivity contribution in [3.63, 3.8) is 0 Å². The van der Waals surface area contributed by atoms with Crippen LogP contribution in [0.15, 0.2) is 24.3 Å². The maximum absolute atomic E-state index is 11.6. The van der Waals surface area contributed by atoms with Gasteiger partial charge >= 0.3 is 5.97 Å². The Bertz CT molecular complexity index is 471. The molecule has 4 heteroatoms. The molecular weight excluding hydrogens is 240 g/mol. The quantitative estimate of drug-likeness (QED) is 0.830. The lowest BCUT2D eigenvalue weighted by molar-refractivity contribution is 0.0600. The Hall–Kier alpha value is -1.55. The van der Waals surface area contributed by atoms with Crippen molar-refractivity contribution in [1.29, 1.82) is 0 Å². The number of rotatable bonds is 2. The van der Waals surface area contributed by atoms with Gasteiger partial charge in [-0.15, -0.1) is 0 Å². The minimum atomic E-state index is -0.305. The Labute approximate surface area is 114 Å². The third kappa shape index (κ3) is 2.89. The number of nitrogens with two attached hydrogens (primary N) is 1. The van der Waals surface area contributed by atoms with Crippen molar-refractivity contribution in [2.24, 2.45) is 5.73 Å². The molecule has 4 nitrogen and oxygen atoms in total. The van der Waals surface area contributed by atoms with Gasteiger partial charge in [0.05, 0.1) is 12.7 Å². The zero-order valence-electron chi connectivity index (χ0n) is 11.8. The van der Waals surface area contributed by atoms with Gasteiger partial charge in [-0.2, -0.15) is 0 Å². The third-order valence-corrected chi connectivity index (χ3v) is 3.85. The molecule has 19 heavy (non-hydrogen) atoms. The standard InChI is InChI=1S/C15H22N2O2/c1-15(2)8-7-12(16)10-17(15)13-6-4-5-11(9-13)14(18)19-3/h4-6,9,12H,7-8,10,16H2,1-3H3. The number of nitrogens with zero attached hydrogens (tertiary/aromatic N) is 1. The van der Waals surface area contributed by atoms with Crippen LogP contribution in [0.5, 0.6) is 0 Å². The number of esters is 1. The third-order valence-electron chi connectivity index (χ3n) is 3.85. The molecule has 2 N–H and O–H groups in total. The summed E-state index contributed by atoms with van der Waals surface area (Å²) < 4.78 is 4.77. The number of carbonyl (C=O) groups excluding carboxylic acids is 1. The molecule has 1 aliphatic heterocycles. The lowest BCUT2D eigenvalue weighted by Crippen LogP contribution is -2.54. The monoisotopic (exact) mass is 262 g/mol. The lowest BCUT2D eigenvalue weighted by Gasteiger charge is -2.46. The summed E-state index contributed by atoms with van der Waals surface area (Å²) in [6.07, 6.45) is 2.09. The van der Waals surface area contributed by atoms with E-state index in [-0.39, 0.29) is 17.6 Å². The number of hydrogen-bond donors (Lipinski definition) is 1. The maximum Gasteiger partial charge on any atom is 0.337 e. The molecule has 0 spiro atoms. The number of ether oxygens (including phenoxy) is 1. The predicted molar refractivity (Wildman–Crippen MR) is 76.4 cm³/mol. The van der Waals surface area contributed by atoms with E-state index in [1.807, 2.05) is 18.2 Å². The second kappa shape index (κ2) is 5.21. The van der Waals surface area contributed by atoms with Crippen LogP contribution >= 0.6 is 0 Å². The first-order chi connectivity index (χ1) is 8.94. The molecule has 0 aliphatic carbocycles. The molecule has 0 saturated carbocycles. The van der Waals surface area contributed by atoms with Crippen molar-refractivity contribution in [2.45, 2.75) is 38.3 Å². The van der Waals surface area contributed by atoms with Gasteiger partial charge in [0.2, 0.25) is 0 Å². The smallest absolute Gasteiger partial charge is 0.337 e. The first-order valence-corrected chi connectivity index (χ1v) is 6.65. The highest BCUT2D eigenvalue weighted by Gasteiger charge is 2.33. The van der Waals surface area contributed by atoms with Crippen molar-refractivity contribution in [3.8, 4) is 0 Å². The first kappa shape index (κ1) is 13.9. The van der Waals surface area contributed by atoms with Crippen molar-refractivity contribution >= 4 is 11.7 Å². The fraction of sp³-hybridized carbons (Fsp3) is 0.533. The largest absolute Gasteiger partial charge is 0.465 e. The summed E-state index contributed by atoms with van der Waals surface area (Å²) >= 11 is 0. The van der Waals surface area contributed by atoms with Crippen molar-refractivity contribution in [2.75, 3.05) is 18.6 Å². The summed E-state index contributed by atoms with van der Waals surface area (Å²) in [7, 11) is 1.40. The molecule has 0 bridgehead atoms. The topological polar surface area (TPSA) is 55.6 Å². The number of benzene rings is 1. The van der Waals surface area contributed by atoms with Gasteiger partial charge in [-0.05, 0) is 44.9 Å². The van der Waals surface area contributed by atoms with E-state index in [0.29, 0.717) is 5.56 Å². The fourth-order valence-corrected chi connectivity index (χ4v) is 2.62. The average molecular weight is 262 g/mol. The molecule has 1 aromatic carbocycles. The normalized spacial score (nSPS) is 22.1. The summed E-state index contributed by atoms with van der Waals surface area (Å²) in [5.74, 6) is -0.305. The van der Waals surface area contributed by atoms with Gasteiger partial charge in [0.1, 0.15) is 0 Å². The van der Waals surface area contributed by atoms with Gasteiger partial charge < -0.3 is 15.4 Å². The molecule has 1 fully saturated rings. The van der Waals surface area contributed by atoms with Crippen LogP contribution in [0.1, 0.15) is 37.0 Å². The summed E-state index contributed by atoms with van der Waals surface area (Å²) in [5.41, 5.74) is 7.74. The Morgan fingerprint density at radius 1 is 1.47 bits per heavy atom. The molecule has 1 aliphatic rings. The van der Waals surface area contributed by atoms with E-state index in [4.69, 9.17) is 10.5 Å². The minimum Gasteiger partial charge on any atom is -0.465 e. The Kier molecular flexibility index (Phi) is 3.80. The zero-order chi connectivity index (χ0) is 14.0.